The number of amides is 1. The SMILES string of the molecule is CCC[C@@H](CC)Nc1cc(F)c(C(=O)NCC(=O)O)c(F)c1. The minimum absolute atomic E-state index is 0.0930. The number of carboxylic acid groups (broad SMARTS) is 1. The standard InChI is InChI=1S/C15H20F2N2O3/c1-3-5-9(4-2)19-10-6-11(16)14(12(17)7-10)15(22)18-8-13(20)21/h6-7,9,19H,3-5,8H2,1-2H3,(H,18,22)(H,20,21)/t9-/m1/s1. The van der Waals surface area contributed by atoms with Crippen LogP contribution in [0.3, 0.4) is 0 Å². The first kappa shape index (κ1) is 17.9. The highest BCUT2D eigenvalue weighted by molar-refractivity contribution is 5.96. The molecule has 0 aliphatic heterocycles. The molecule has 0 saturated carbocycles. The van der Waals surface area contributed by atoms with Crippen molar-refractivity contribution in [2.75, 3.05) is 11.9 Å². The van der Waals surface area contributed by atoms with E-state index in [1.807, 2.05) is 19.2 Å². The van der Waals surface area contributed by atoms with E-state index >= 15 is 0 Å². The third kappa shape index (κ3) is 4.98. The van der Waals surface area contributed by atoms with Crippen LogP contribution in [0.5, 0.6) is 0 Å². The van der Waals surface area contributed by atoms with Crippen LogP contribution in [-0.4, -0.2) is 29.6 Å². The number of nitrogens with one attached hydrogen (secondary N) is 2. The molecule has 0 radical (unpaired) electrons. The lowest BCUT2D eigenvalue weighted by atomic mass is 10.1. The van der Waals surface area contributed by atoms with Crippen LogP contribution in [0.4, 0.5) is 14.5 Å². The molecule has 0 saturated heterocycles. The molecule has 0 unspecified atom stereocenters. The molecular formula is C15H20F2N2O3. The average molecular weight is 314 g/mol. The summed E-state index contributed by atoms with van der Waals surface area (Å²) in [6.45, 7) is 3.28. The van der Waals surface area contributed by atoms with Gasteiger partial charge >= 0.3 is 5.97 Å². The van der Waals surface area contributed by atoms with Crippen molar-refractivity contribution in [2.45, 2.75) is 39.2 Å². The van der Waals surface area contributed by atoms with Crippen LogP contribution in [0.2, 0.25) is 0 Å². The van der Waals surface area contributed by atoms with Crippen molar-refractivity contribution < 1.29 is 23.5 Å². The predicted molar refractivity (Wildman–Crippen MR) is 78.9 cm³/mol. The van der Waals surface area contributed by atoms with Crippen molar-refractivity contribution in [1.82, 2.24) is 5.32 Å². The lowest BCUT2D eigenvalue weighted by molar-refractivity contribution is -0.135. The Bertz CT molecular complexity index is 527. The van der Waals surface area contributed by atoms with E-state index < -0.39 is 35.6 Å². The Morgan fingerprint density at radius 2 is 1.82 bits per heavy atom. The van der Waals surface area contributed by atoms with Gasteiger partial charge in [-0.1, -0.05) is 20.3 Å². The van der Waals surface area contributed by atoms with Gasteiger partial charge in [-0.2, -0.15) is 0 Å². The van der Waals surface area contributed by atoms with Gasteiger partial charge in [0.25, 0.3) is 5.91 Å². The Hall–Kier alpha value is -2.18. The Kier molecular flexibility index (Phi) is 6.75. The van der Waals surface area contributed by atoms with Gasteiger partial charge in [-0.25, -0.2) is 8.78 Å². The van der Waals surface area contributed by atoms with Crippen molar-refractivity contribution in [2.24, 2.45) is 0 Å². The molecule has 5 nitrogen and oxygen atoms in total. The summed E-state index contributed by atoms with van der Waals surface area (Å²) in [6, 6.07) is 2.17. The topological polar surface area (TPSA) is 78.4 Å². The van der Waals surface area contributed by atoms with Gasteiger partial charge in [-0.3, -0.25) is 9.59 Å². The van der Waals surface area contributed by atoms with E-state index in [0.29, 0.717) is 0 Å². The van der Waals surface area contributed by atoms with E-state index in [4.69, 9.17) is 5.11 Å². The van der Waals surface area contributed by atoms with Gasteiger partial charge in [0.05, 0.1) is 0 Å². The van der Waals surface area contributed by atoms with Crippen LogP contribution >= 0.6 is 0 Å². The second-order valence-corrected chi connectivity index (χ2v) is 4.93. The third-order valence-electron chi connectivity index (χ3n) is 3.17. The molecule has 0 aromatic heterocycles. The van der Waals surface area contributed by atoms with E-state index in [2.05, 4.69) is 5.32 Å². The molecular weight excluding hydrogens is 294 g/mol. The van der Waals surface area contributed by atoms with E-state index in [0.717, 1.165) is 31.4 Å². The van der Waals surface area contributed by atoms with Crippen molar-refractivity contribution in [1.29, 1.82) is 0 Å². The zero-order valence-corrected chi connectivity index (χ0v) is 12.6. The van der Waals surface area contributed by atoms with Gasteiger partial charge in [-0.15, -0.1) is 0 Å². The Labute approximate surface area is 127 Å². The molecule has 1 aromatic carbocycles. The summed E-state index contributed by atoms with van der Waals surface area (Å²) in [6.07, 6.45) is 2.60. The molecule has 1 amide bonds. The summed E-state index contributed by atoms with van der Waals surface area (Å²) in [7, 11) is 0. The zero-order chi connectivity index (χ0) is 16.7. The van der Waals surface area contributed by atoms with Crippen LogP contribution in [0, 0.1) is 11.6 Å². The average Bonchev–Trinajstić information content (AvgIpc) is 2.43. The maximum atomic E-state index is 13.9. The first-order chi connectivity index (χ1) is 10.4. The summed E-state index contributed by atoms with van der Waals surface area (Å²) in [5.74, 6) is -4.45. The molecule has 0 heterocycles. The third-order valence-corrected chi connectivity index (χ3v) is 3.17. The summed E-state index contributed by atoms with van der Waals surface area (Å²) >= 11 is 0. The van der Waals surface area contributed by atoms with Crippen molar-refractivity contribution in [3.63, 3.8) is 0 Å². The van der Waals surface area contributed by atoms with Crippen molar-refractivity contribution in [3.05, 3.63) is 29.3 Å². The van der Waals surface area contributed by atoms with Crippen molar-refractivity contribution in [3.8, 4) is 0 Å². The number of hydrogen-bond donors (Lipinski definition) is 3. The highest BCUT2D eigenvalue weighted by Crippen LogP contribution is 2.21. The van der Waals surface area contributed by atoms with E-state index in [1.165, 1.54) is 0 Å². The molecule has 122 valence electrons. The Morgan fingerprint density at radius 3 is 2.27 bits per heavy atom. The number of benzene rings is 1. The molecule has 0 spiro atoms. The molecule has 1 aromatic rings. The summed E-state index contributed by atoms with van der Waals surface area (Å²) in [5.41, 5.74) is -0.527. The quantitative estimate of drug-likeness (QED) is 0.689. The predicted octanol–water partition coefficient (Wildman–Crippen LogP) is 2.77. The van der Waals surface area contributed by atoms with Gasteiger partial charge < -0.3 is 15.7 Å². The minimum atomic E-state index is -1.29. The Balaban J connectivity index is 2.91. The van der Waals surface area contributed by atoms with E-state index in [-0.39, 0.29) is 11.7 Å². The molecule has 0 bridgehead atoms. The summed E-state index contributed by atoms with van der Waals surface area (Å²) < 4.78 is 27.9. The number of rotatable bonds is 8. The van der Waals surface area contributed by atoms with Crippen LogP contribution in [0.25, 0.3) is 0 Å². The zero-order valence-electron chi connectivity index (χ0n) is 12.6. The minimum Gasteiger partial charge on any atom is -0.480 e. The van der Waals surface area contributed by atoms with Crippen LogP contribution < -0.4 is 10.6 Å². The normalized spacial score (nSPS) is 11.8. The second kappa shape index (κ2) is 8.31. The number of halogens is 2. The van der Waals surface area contributed by atoms with E-state index in [1.54, 1.807) is 0 Å². The summed E-state index contributed by atoms with van der Waals surface area (Å²) in [4.78, 5) is 22.0. The number of aliphatic carboxylic acids is 1. The van der Waals surface area contributed by atoms with Gasteiger partial charge in [0, 0.05) is 11.7 Å². The smallest absolute Gasteiger partial charge is 0.322 e. The van der Waals surface area contributed by atoms with Gasteiger partial charge in [-0.05, 0) is 25.0 Å². The largest absolute Gasteiger partial charge is 0.480 e. The fourth-order valence-corrected chi connectivity index (χ4v) is 2.08. The van der Waals surface area contributed by atoms with Crippen LogP contribution in [0.15, 0.2) is 12.1 Å². The van der Waals surface area contributed by atoms with Gasteiger partial charge in [0.15, 0.2) is 0 Å². The van der Waals surface area contributed by atoms with Crippen LogP contribution in [-0.2, 0) is 4.79 Å². The molecule has 22 heavy (non-hydrogen) atoms. The fourth-order valence-electron chi connectivity index (χ4n) is 2.08. The van der Waals surface area contributed by atoms with Crippen molar-refractivity contribution >= 4 is 17.6 Å². The molecule has 1 rings (SSSR count). The second-order valence-electron chi connectivity index (χ2n) is 4.93. The number of anilines is 1. The molecule has 0 fully saturated rings. The van der Waals surface area contributed by atoms with Crippen LogP contribution in [0.1, 0.15) is 43.5 Å². The number of hydrogen-bond acceptors (Lipinski definition) is 3. The highest BCUT2D eigenvalue weighted by Gasteiger charge is 2.19. The molecule has 0 aliphatic carbocycles. The first-order valence-electron chi connectivity index (χ1n) is 7.14. The molecule has 3 N–H and O–H groups in total. The first-order valence-corrected chi connectivity index (χ1v) is 7.14. The molecule has 1 atom stereocenters. The van der Waals surface area contributed by atoms with Gasteiger partial charge in [0.2, 0.25) is 0 Å². The fraction of sp³-hybridized carbons (Fsp3) is 0.467. The van der Waals surface area contributed by atoms with Gasteiger partial charge in [0.1, 0.15) is 23.7 Å². The highest BCUT2D eigenvalue weighted by atomic mass is 19.1. The Morgan fingerprint density at radius 1 is 1.23 bits per heavy atom. The number of carboxylic acids is 1. The maximum Gasteiger partial charge on any atom is 0.322 e. The summed E-state index contributed by atoms with van der Waals surface area (Å²) in [5, 5.41) is 13.4. The number of carbonyl (C=O) groups is 2. The van der Waals surface area contributed by atoms with E-state index in [9.17, 15) is 18.4 Å². The monoisotopic (exact) mass is 314 g/mol. The molecule has 7 heteroatoms. The lowest BCUT2D eigenvalue weighted by Crippen LogP contribution is -2.30. The molecule has 0 aliphatic rings. The lowest BCUT2D eigenvalue weighted by Gasteiger charge is -2.18. The number of carbonyl (C=O) groups excluding carboxylic acids is 1. The maximum absolute atomic E-state index is 13.9.